The first-order valence-electron chi connectivity index (χ1n) is 19.5. The third kappa shape index (κ3) is 7.66. The average Bonchev–Trinajstić information content (AvgIpc) is 3.35. The van der Waals surface area contributed by atoms with Crippen molar-refractivity contribution in [1.29, 1.82) is 0 Å². The smallest absolute Gasteiger partial charge is 0.164 e. The summed E-state index contributed by atoms with van der Waals surface area (Å²) in [7, 11) is 0. The summed E-state index contributed by atoms with van der Waals surface area (Å²) >= 11 is 0. The number of aromatic nitrogens is 9. The van der Waals surface area contributed by atoms with Gasteiger partial charge in [-0.15, -0.1) is 0 Å². The highest BCUT2D eigenvalue weighted by molar-refractivity contribution is 5.79. The lowest BCUT2D eigenvalue weighted by Crippen LogP contribution is -2.01. The fourth-order valence-electron chi connectivity index (χ4n) is 6.90. The van der Waals surface area contributed by atoms with Gasteiger partial charge in [0.25, 0.3) is 0 Å². The number of benzene rings is 5. The zero-order valence-corrected chi connectivity index (χ0v) is 32.1. The summed E-state index contributed by atoms with van der Waals surface area (Å²) in [6, 6.07) is 61.9. The van der Waals surface area contributed by atoms with Crippen LogP contribution in [0.3, 0.4) is 0 Å². The van der Waals surface area contributed by atoms with Crippen molar-refractivity contribution in [3.63, 3.8) is 0 Å². The van der Waals surface area contributed by atoms with Crippen LogP contribution in [0.25, 0.3) is 102 Å². The van der Waals surface area contributed by atoms with Crippen molar-refractivity contribution >= 4 is 0 Å². The van der Waals surface area contributed by atoms with Crippen molar-refractivity contribution in [1.82, 2.24) is 44.9 Å². The van der Waals surface area contributed by atoms with E-state index >= 15 is 0 Å². The monoisotopic (exact) mass is 771 g/mol. The van der Waals surface area contributed by atoms with Crippen LogP contribution in [-0.2, 0) is 0 Å². The van der Waals surface area contributed by atoms with Gasteiger partial charge >= 0.3 is 0 Å². The zero-order valence-electron chi connectivity index (χ0n) is 32.1. The molecule has 0 atom stereocenters. The lowest BCUT2D eigenvalue weighted by Gasteiger charge is -2.12. The van der Waals surface area contributed by atoms with Gasteiger partial charge < -0.3 is 0 Å². The summed E-state index contributed by atoms with van der Waals surface area (Å²) in [5, 5.41) is 0. The fraction of sp³-hybridized carbons (Fsp3) is 0. The third-order valence-corrected chi connectivity index (χ3v) is 9.89. The first-order valence-corrected chi connectivity index (χ1v) is 19.5. The second-order valence-electron chi connectivity index (χ2n) is 13.9. The van der Waals surface area contributed by atoms with Crippen LogP contribution in [0.15, 0.2) is 200 Å². The first kappa shape index (κ1) is 35.9. The van der Waals surface area contributed by atoms with Gasteiger partial charge in [0.15, 0.2) is 34.9 Å². The Labute approximate surface area is 346 Å². The van der Waals surface area contributed by atoms with Crippen LogP contribution in [0.5, 0.6) is 0 Å². The average molecular weight is 772 g/mol. The normalized spacial score (nSPS) is 11.0. The van der Waals surface area contributed by atoms with E-state index in [0.29, 0.717) is 52.0 Å². The molecule has 0 aliphatic carbocycles. The van der Waals surface area contributed by atoms with Crippen molar-refractivity contribution < 1.29 is 0 Å². The summed E-state index contributed by atoms with van der Waals surface area (Å²) < 4.78 is 0. The van der Waals surface area contributed by atoms with Gasteiger partial charge in [0.05, 0.1) is 22.8 Å². The molecule has 0 bridgehead atoms. The minimum Gasteiger partial charge on any atom is -0.255 e. The van der Waals surface area contributed by atoms with E-state index in [1.807, 2.05) is 170 Å². The molecular formula is C51H33N9. The van der Waals surface area contributed by atoms with E-state index in [2.05, 4.69) is 23.2 Å². The minimum absolute atomic E-state index is 0.530. The Hall–Kier alpha value is -8.43. The first-order chi connectivity index (χ1) is 29.7. The van der Waals surface area contributed by atoms with Crippen molar-refractivity contribution in [2.75, 3.05) is 0 Å². The summed E-state index contributed by atoms with van der Waals surface area (Å²) in [4.78, 5) is 44.3. The van der Waals surface area contributed by atoms with E-state index in [4.69, 9.17) is 39.9 Å². The standard InChI is InChI=1S/C51H33N9/c1-5-16-34(17-6-1)46-55-47(35-18-7-2-8-19-35)58-50(57-46)39-25-15-24-38(30-39)41-32-44(42-26-13-14-28-52-42)54-45(33-41)43-31-40(27-29-53-43)51-59-48(36-20-9-3-10-21-36)56-49(60-51)37-22-11-4-12-23-37/h1-33H. The molecule has 5 aromatic heterocycles. The topological polar surface area (TPSA) is 116 Å². The van der Waals surface area contributed by atoms with Gasteiger partial charge in [-0.2, -0.15) is 0 Å². The lowest BCUT2D eigenvalue weighted by molar-refractivity contribution is 1.07. The van der Waals surface area contributed by atoms with Crippen LogP contribution < -0.4 is 0 Å². The maximum absolute atomic E-state index is 5.12. The number of pyridine rings is 3. The van der Waals surface area contributed by atoms with Gasteiger partial charge in [-0.3, -0.25) is 9.97 Å². The molecule has 60 heavy (non-hydrogen) atoms. The predicted molar refractivity (Wildman–Crippen MR) is 236 cm³/mol. The highest BCUT2D eigenvalue weighted by Crippen LogP contribution is 2.33. The van der Waals surface area contributed by atoms with Crippen LogP contribution in [0.1, 0.15) is 0 Å². The fourth-order valence-corrected chi connectivity index (χ4v) is 6.90. The van der Waals surface area contributed by atoms with Crippen LogP contribution in [0.2, 0.25) is 0 Å². The number of hydrogen-bond acceptors (Lipinski definition) is 9. The summed E-state index contributed by atoms with van der Waals surface area (Å²) in [6.07, 6.45) is 3.54. The molecule has 0 fully saturated rings. The molecule has 5 heterocycles. The van der Waals surface area contributed by atoms with Crippen LogP contribution in [0.4, 0.5) is 0 Å². The van der Waals surface area contributed by atoms with Gasteiger partial charge in [0.1, 0.15) is 0 Å². The van der Waals surface area contributed by atoms with E-state index < -0.39 is 0 Å². The molecule has 282 valence electrons. The van der Waals surface area contributed by atoms with E-state index in [-0.39, 0.29) is 0 Å². The Morgan fingerprint density at radius 3 is 1.03 bits per heavy atom. The van der Waals surface area contributed by atoms with E-state index in [9.17, 15) is 0 Å². The van der Waals surface area contributed by atoms with Gasteiger partial charge in [0.2, 0.25) is 0 Å². The Morgan fingerprint density at radius 2 is 0.567 bits per heavy atom. The largest absolute Gasteiger partial charge is 0.255 e. The molecular weight excluding hydrogens is 739 g/mol. The van der Waals surface area contributed by atoms with E-state index in [0.717, 1.165) is 50.2 Å². The summed E-state index contributed by atoms with van der Waals surface area (Å²) in [5.41, 5.74) is 9.88. The predicted octanol–water partition coefficient (Wildman–Crippen LogP) is 11.2. The molecule has 10 aromatic rings. The quantitative estimate of drug-likeness (QED) is 0.141. The van der Waals surface area contributed by atoms with Crippen molar-refractivity contribution in [3.05, 3.63) is 200 Å². The van der Waals surface area contributed by atoms with Crippen LogP contribution >= 0.6 is 0 Å². The van der Waals surface area contributed by atoms with E-state index in [1.54, 1.807) is 12.4 Å². The van der Waals surface area contributed by atoms with Crippen molar-refractivity contribution in [3.8, 4) is 102 Å². The van der Waals surface area contributed by atoms with Gasteiger partial charge in [-0.05, 0) is 53.6 Å². The molecule has 0 saturated carbocycles. The molecule has 9 heteroatoms. The molecule has 10 rings (SSSR count). The lowest BCUT2D eigenvalue weighted by atomic mass is 10.00. The molecule has 9 nitrogen and oxygen atoms in total. The number of nitrogens with zero attached hydrogens (tertiary/aromatic N) is 9. The third-order valence-electron chi connectivity index (χ3n) is 9.89. The van der Waals surface area contributed by atoms with Crippen molar-refractivity contribution in [2.24, 2.45) is 0 Å². The highest BCUT2D eigenvalue weighted by Gasteiger charge is 2.17. The molecule has 0 unspecified atom stereocenters. The Kier molecular flexibility index (Phi) is 9.71. The zero-order chi connectivity index (χ0) is 40.1. The molecule has 0 aliphatic rings. The highest BCUT2D eigenvalue weighted by atomic mass is 15.0. The molecule has 0 N–H and O–H groups in total. The molecule has 0 saturated heterocycles. The summed E-state index contributed by atoms with van der Waals surface area (Å²) in [5.74, 6) is 3.47. The second-order valence-corrected chi connectivity index (χ2v) is 13.9. The molecule has 0 aliphatic heterocycles. The van der Waals surface area contributed by atoms with Crippen molar-refractivity contribution in [2.45, 2.75) is 0 Å². The second kappa shape index (κ2) is 16.2. The molecule has 0 amide bonds. The van der Waals surface area contributed by atoms with E-state index in [1.165, 1.54) is 0 Å². The Morgan fingerprint density at radius 1 is 0.200 bits per heavy atom. The number of rotatable bonds is 9. The molecule has 5 aromatic carbocycles. The maximum atomic E-state index is 5.12. The van der Waals surface area contributed by atoms with Gasteiger partial charge in [0, 0.05) is 45.8 Å². The van der Waals surface area contributed by atoms with Crippen LogP contribution in [-0.4, -0.2) is 44.9 Å². The Balaban J connectivity index is 1.09. The Bertz CT molecular complexity index is 2770. The molecule has 0 spiro atoms. The summed E-state index contributed by atoms with van der Waals surface area (Å²) in [6.45, 7) is 0. The SMILES string of the molecule is c1ccc(-c2nc(-c3ccccc3)nc(-c3cccc(-c4cc(-c5ccccn5)nc(-c5cc(-c6nc(-c7ccccc7)nc(-c7ccccc7)n6)ccn5)c4)c3)n2)cc1. The maximum Gasteiger partial charge on any atom is 0.164 e. The van der Waals surface area contributed by atoms with Gasteiger partial charge in [-0.1, -0.05) is 146 Å². The van der Waals surface area contributed by atoms with Gasteiger partial charge in [-0.25, -0.2) is 34.9 Å². The number of hydrogen-bond donors (Lipinski definition) is 0. The molecule has 0 radical (unpaired) electrons. The minimum atomic E-state index is 0.530. The van der Waals surface area contributed by atoms with Crippen LogP contribution in [0, 0.1) is 0 Å².